The number of carbonyl (C=O) groups excluding carboxylic acids is 1. The van der Waals surface area contributed by atoms with E-state index in [-0.39, 0.29) is 31.0 Å². The van der Waals surface area contributed by atoms with E-state index >= 15 is 0 Å². The van der Waals surface area contributed by atoms with E-state index in [2.05, 4.69) is 10.6 Å². The van der Waals surface area contributed by atoms with E-state index in [0.717, 1.165) is 43.0 Å². The van der Waals surface area contributed by atoms with Crippen LogP contribution in [-0.4, -0.2) is 25.8 Å². The average molecular weight is 299 g/mol. The van der Waals surface area contributed by atoms with Gasteiger partial charge in [-0.1, -0.05) is 12.1 Å². The highest BCUT2D eigenvalue weighted by molar-refractivity contribution is 5.85. The lowest BCUT2D eigenvalue weighted by atomic mass is 9.99. The number of nitrogens with one attached hydrogen (secondary N) is 2. The van der Waals surface area contributed by atoms with E-state index in [1.807, 2.05) is 18.2 Å². The normalized spacial score (nSPS) is 20.1. The molecule has 5 nitrogen and oxygen atoms in total. The second-order valence-electron chi connectivity index (χ2n) is 4.91. The van der Waals surface area contributed by atoms with E-state index in [1.165, 1.54) is 0 Å². The SMILES string of the molecule is Cl.O=C(NCc1cccc2c1OCO2)C1CCCNC1. The third-order valence-corrected chi connectivity index (χ3v) is 3.60. The van der Waals surface area contributed by atoms with Gasteiger partial charge in [-0.05, 0) is 25.5 Å². The van der Waals surface area contributed by atoms with Gasteiger partial charge in [0.1, 0.15) is 0 Å². The number of fused-ring (bicyclic) bond motifs is 1. The first-order valence-electron chi connectivity index (χ1n) is 6.70. The number of piperidine rings is 1. The molecule has 110 valence electrons. The second-order valence-corrected chi connectivity index (χ2v) is 4.91. The van der Waals surface area contributed by atoms with Crippen molar-refractivity contribution >= 4 is 18.3 Å². The third kappa shape index (κ3) is 3.16. The summed E-state index contributed by atoms with van der Waals surface area (Å²) in [4.78, 5) is 12.0. The Balaban J connectivity index is 0.00000147. The second kappa shape index (κ2) is 6.81. The topological polar surface area (TPSA) is 59.6 Å². The lowest BCUT2D eigenvalue weighted by Gasteiger charge is -2.22. The molecular formula is C14H19ClN2O3. The van der Waals surface area contributed by atoms with Crippen LogP contribution in [0.4, 0.5) is 0 Å². The highest BCUT2D eigenvalue weighted by atomic mass is 35.5. The van der Waals surface area contributed by atoms with Crippen LogP contribution >= 0.6 is 12.4 Å². The number of ether oxygens (including phenoxy) is 2. The summed E-state index contributed by atoms with van der Waals surface area (Å²) >= 11 is 0. The molecule has 1 aromatic carbocycles. The lowest BCUT2D eigenvalue weighted by molar-refractivity contribution is -0.125. The van der Waals surface area contributed by atoms with E-state index in [4.69, 9.17) is 9.47 Å². The van der Waals surface area contributed by atoms with Crippen LogP contribution in [0.15, 0.2) is 18.2 Å². The standard InChI is InChI=1S/C14H18N2O3.ClH/c17-14(11-4-2-6-15-7-11)16-8-10-3-1-5-12-13(10)19-9-18-12;/h1,3,5,11,15H,2,4,6-9H2,(H,16,17);1H. The summed E-state index contributed by atoms with van der Waals surface area (Å²) in [7, 11) is 0. The molecule has 2 aliphatic rings. The van der Waals surface area contributed by atoms with Crippen LogP contribution < -0.4 is 20.1 Å². The molecule has 1 amide bonds. The van der Waals surface area contributed by atoms with Gasteiger partial charge in [-0.15, -0.1) is 12.4 Å². The predicted octanol–water partition coefficient (Wildman–Crippen LogP) is 1.45. The molecule has 1 unspecified atom stereocenters. The largest absolute Gasteiger partial charge is 0.454 e. The molecule has 2 aliphatic heterocycles. The first kappa shape index (κ1) is 14.9. The Morgan fingerprint density at radius 3 is 3.10 bits per heavy atom. The van der Waals surface area contributed by atoms with Crippen molar-refractivity contribution < 1.29 is 14.3 Å². The third-order valence-electron chi connectivity index (χ3n) is 3.60. The minimum Gasteiger partial charge on any atom is -0.454 e. The summed E-state index contributed by atoms with van der Waals surface area (Å²) < 4.78 is 10.7. The van der Waals surface area contributed by atoms with Crippen LogP contribution in [0.1, 0.15) is 18.4 Å². The Morgan fingerprint density at radius 2 is 2.30 bits per heavy atom. The van der Waals surface area contributed by atoms with Gasteiger partial charge in [-0.2, -0.15) is 0 Å². The van der Waals surface area contributed by atoms with Crippen molar-refractivity contribution in [1.82, 2.24) is 10.6 Å². The molecule has 0 spiro atoms. The fourth-order valence-electron chi connectivity index (χ4n) is 2.53. The molecule has 0 bridgehead atoms. The molecular weight excluding hydrogens is 280 g/mol. The number of halogens is 1. The highest BCUT2D eigenvalue weighted by Gasteiger charge is 2.22. The molecule has 2 heterocycles. The van der Waals surface area contributed by atoms with Gasteiger partial charge in [0.2, 0.25) is 12.7 Å². The predicted molar refractivity (Wildman–Crippen MR) is 77.3 cm³/mol. The van der Waals surface area contributed by atoms with Crippen molar-refractivity contribution in [3.8, 4) is 11.5 Å². The number of hydrogen-bond acceptors (Lipinski definition) is 4. The Hall–Kier alpha value is -1.46. The minimum absolute atomic E-state index is 0. The van der Waals surface area contributed by atoms with Crippen molar-refractivity contribution in [2.24, 2.45) is 5.92 Å². The van der Waals surface area contributed by atoms with Gasteiger partial charge < -0.3 is 20.1 Å². The van der Waals surface area contributed by atoms with E-state index < -0.39 is 0 Å². The van der Waals surface area contributed by atoms with Gasteiger partial charge in [0.15, 0.2) is 11.5 Å². The molecule has 6 heteroatoms. The summed E-state index contributed by atoms with van der Waals surface area (Å²) in [6, 6.07) is 5.74. The fourth-order valence-corrected chi connectivity index (χ4v) is 2.53. The van der Waals surface area contributed by atoms with Gasteiger partial charge in [-0.25, -0.2) is 0 Å². The molecule has 0 saturated carbocycles. The zero-order valence-electron chi connectivity index (χ0n) is 11.2. The van der Waals surface area contributed by atoms with Crippen molar-refractivity contribution in [2.75, 3.05) is 19.9 Å². The number of rotatable bonds is 3. The van der Waals surface area contributed by atoms with Crippen molar-refractivity contribution in [3.05, 3.63) is 23.8 Å². The van der Waals surface area contributed by atoms with Crippen molar-refractivity contribution in [1.29, 1.82) is 0 Å². The molecule has 20 heavy (non-hydrogen) atoms. The maximum atomic E-state index is 12.0. The minimum atomic E-state index is 0. The molecule has 1 atom stereocenters. The van der Waals surface area contributed by atoms with Gasteiger partial charge in [0, 0.05) is 18.7 Å². The van der Waals surface area contributed by atoms with Crippen LogP contribution in [0.2, 0.25) is 0 Å². The first-order valence-corrected chi connectivity index (χ1v) is 6.70. The van der Waals surface area contributed by atoms with Crippen LogP contribution in [-0.2, 0) is 11.3 Å². The Labute approximate surface area is 124 Å². The number of hydrogen-bond donors (Lipinski definition) is 2. The molecule has 1 saturated heterocycles. The van der Waals surface area contributed by atoms with Gasteiger partial charge in [0.25, 0.3) is 0 Å². The summed E-state index contributed by atoms with van der Waals surface area (Å²) in [5.41, 5.74) is 0.965. The number of para-hydroxylation sites is 1. The maximum absolute atomic E-state index is 12.0. The molecule has 0 aromatic heterocycles. The molecule has 1 aromatic rings. The molecule has 0 radical (unpaired) electrons. The average Bonchev–Trinajstić information content (AvgIpc) is 2.94. The van der Waals surface area contributed by atoms with Crippen LogP contribution in [0, 0.1) is 5.92 Å². The molecule has 0 aliphatic carbocycles. The zero-order valence-corrected chi connectivity index (χ0v) is 12.0. The van der Waals surface area contributed by atoms with Crippen molar-refractivity contribution in [3.63, 3.8) is 0 Å². The molecule has 1 fully saturated rings. The van der Waals surface area contributed by atoms with Gasteiger partial charge in [-0.3, -0.25) is 4.79 Å². The zero-order chi connectivity index (χ0) is 13.1. The molecule has 3 rings (SSSR count). The van der Waals surface area contributed by atoms with E-state index in [1.54, 1.807) is 0 Å². The smallest absolute Gasteiger partial charge is 0.231 e. The Kier molecular flexibility index (Phi) is 5.09. The molecule has 2 N–H and O–H groups in total. The summed E-state index contributed by atoms with van der Waals surface area (Å²) in [6.45, 7) is 2.54. The Morgan fingerprint density at radius 1 is 1.40 bits per heavy atom. The van der Waals surface area contributed by atoms with Crippen LogP contribution in [0.3, 0.4) is 0 Å². The van der Waals surface area contributed by atoms with Crippen LogP contribution in [0.25, 0.3) is 0 Å². The van der Waals surface area contributed by atoms with Gasteiger partial charge >= 0.3 is 0 Å². The van der Waals surface area contributed by atoms with E-state index in [0.29, 0.717) is 6.54 Å². The quantitative estimate of drug-likeness (QED) is 0.887. The maximum Gasteiger partial charge on any atom is 0.231 e. The van der Waals surface area contributed by atoms with E-state index in [9.17, 15) is 4.79 Å². The lowest BCUT2D eigenvalue weighted by Crippen LogP contribution is -2.40. The number of carbonyl (C=O) groups is 1. The Bertz CT molecular complexity index is 475. The fraction of sp³-hybridized carbons (Fsp3) is 0.500. The first-order chi connectivity index (χ1) is 9.34. The number of amides is 1. The van der Waals surface area contributed by atoms with Crippen LogP contribution in [0.5, 0.6) is 11.5 Å². The highest BCUT2D eigenvalue weighted by Crippen LogP contribution is 2.35. The summed E-state index contributed by atoms with van der Waals surface area (Å²) in [6.07, 6.45) is 2.03. The van der Waals surface area contributed by atoms with Gasteiger partial charge in [0.05, 0.1) is 5.92 Å². The summed E-state index contributed by atoms with van der Waals surface area (Å²) in [5, 5.41) is 6.23. The van der Waals surface area contributed by atoms with Crippen molar-refractivity contribution in [2.45, 2.75) is 19.4 Å². The number of benzene rings is 1. The monoisotopic (exact) mass is 298 g/mol. The summed E-state index contributed by atoms with van der Waals surface area (Å²) in [5.74, 6) is 1.71.